The molecule has 3 unspecified atom stereocenters. The summed E-state index contributed by atoms with van der Waals surface area (Å²) in [6.07, 6.45) is 2.61. The van der Waals surface area contributed by atoms with Gasteiger partial charge in [-0.2, -0.15) is 0 Å². The van der Waals surface area contributed by atoms with E-state index in [-0.39, 0.29) is 21.6 Å². The summed E-state index contributed by atoms with van der Waals surface area (Å²) in [5, 5.41) is 9.56. The number of likely N-dealkylation sites (tertiary alicyclic amines) is 1. The molecule has 2 aliphatic rings. The molecule has 0 aromatic rings. The standard InChI is InChI=1S/C17H30N2O3S/c1-15(2,3)13-17(9-10-19(13)14(20)21)8-7-12(11-17)18-23(22)16(4,5)6/h13H,7-11H2,1-6H3,(H,20,21)/b18-12+. The third kappa shape index (κ3) is 3.68. The quantitative estimate of drug-likeness (QED) is 0.735. The third-order valence-electron chi connectivity index (χ3n) is 5.01. The van der Waals surface area contributed by atoms with Crippen LogP contribution in [0.4, 0.5) is 4.79 Å². The molecule has 1 N–H and O–H groups in total. The molecular formula is C17H30N2O3S. The monoisotopic (exact) mass is 342 g/mol. The van der Waals surface area contributed by atoms with Crippen molar-refractivity contribution in [2.75, 3.05) is 6.54 Å². The van der Waals surface area contributed by atoms with Gasteiger partial charge in [0.2, 0.25) is 0 Å². The second-order valence-electron chi connectivity index (χ2n) is 9.05. The molecule has 0 radical (unpaired) electrons. The predicted molar refractivity (Wildman–Crippen MR) is 94.2 cm³/mol. The first-order chi connectivity index (χ1) is 10.4. The number of hydrogen-bond donors (Lipinski definition) is 1. The smallest absolute Gasteiger partial charge is 0.407 e. The Balaban J connectivity index is 2.26. The molecule has 1 spiro atoms. The summed E-state index contributed by atoms with van der Waals surface area (Å²) in [5.41, 5.74) is 0.838. The zero-order valence-corrected chi connectivity index (χ0v) is 16.0. The molecule has 1 heterocycles. The number of carbonyl (C=O) groups is 1. The van der Waals surface area contributed by atoms with Crippen LogP contribution in [0.25, 0.3) is 0 Å². The Hall–Kier alpha value is -0.750. The number of carboxylic acid groups (broad SMARTS) is 1. The van der Waals surface area contributed by atoms with Crippen molar-refractivity contribution in [1.29, 1.82) is 0 Å². The van der Waals surface area contributed by atoms with Crippen LogP contribution in [0.15, 0.2) is 4.40 Å². The van der Waals surface area contributed by atoms with Gasteiger partial charge in [-0.05, 0) is 57.3 Å². The molecule has 0 bridgehead atoms. The van der Waals surface area contributed by atoms with E-state index in [9.17, 15) is 14.5 Å². The molecule has 6 heteroatoms. The van der Waals surface area contributed by atoms with Gasteiger partial charge in [-0.15, -0.1) is 0 Å². The molecule has 1 aliphatic heterocycles. The maximum atomic E-state index is 12.3. The van der Waals surface area contributed by atoms with Gasteiger partial charge in [-0.3, -0.25) is 0 Å². The predicted octanol–water partition coefficient (Wildman–Crippen LogP) is 3.86. The van der Waals surface area contributed by atoms with E-state index in [1.165, 1.54) is 0 Å². The fourth-order valence-electron chi connectivity index (χ4n) is 4.29. The van der Waals surface area contributed by atoms with Crippen molar-refractivity contribution in [3.8, 4) is 0 Å². The molecule has 1 aliphatic carbocycles. The lowest BCUT2D eigenvalue weighted by atomic mass is 9.68. The summed E-state index contributed by atoms with van der Waals surface area (Å²) in [5.74, 6) is 0. The van der Waals surface area contributed by atoms with E-state index in [1.54, 1.807) is 4.90 Å². The van der Waals surface area contributed by atoms with Crippen molar-refractivity contribution in [1.82, 2.24) is 4.90 Å². The number of rotatable bonds is 1. The van der Waals surface area contributed by atoms with Crippen molar-refractivity contribution >= 4 is 23.2 Å². The van der Waals surface area contributed by atoms with Crippen molar-refractivity contribution in [2.24, 2.45) is 15.2 Å². The SMILES string of the molecule is CC(C)(C)C1N(C(=O)O)CCC12CC/C(=N\[S+]([O-])C(C)(C)C)C2. The van der Waals surface area contributed by atoms with E-state index in [0.717, 1.165) is 31.4 Å². The highest BCUT2D eigenvalue weighted by molar-refractivity contribution is 7.91. The third-order valence-corrected chi connectivity index (χ3v) is 6.48. The topological polar surface area (TPSA) is 76.0 Å². The van der Waals surface area contributed by atoms with Gasteiger partial charge in [0.15, 0.2) is 0 Å². The summed E-state index contributed by atoms with van der Waals surface area (Å²) >= 11 is -1.24. The van der Waals surface area contributed by atoms with Crippen LogP contribution in [0.5, 0.6) is 0 Å². The van der Waals surface area contributed by atoms with Crippen molar-refractivity contribution in [2.45, 2.75) is 78.0 Å². The van der Waals surface area contributed by atoms with Crippen LogP contribution >= 0.6 is 0 Å². The van der Waals surface area contributed by atoms with Gasteiger partial charge in [0, 0.05) is 12.6 Å². The minimum Gasteiger partial charge on any atom is -0.591 e. The Bertz CT molecular complexity index is 507. The highest BCUT2D eigenvalue weighted by Gasteiger charge is 2.56. The van der Waals surface area contributed by atoms with E-state index in [4.69, 9.17) is 0 Å². The number of hydrogen-bond acceptors (Lipinski definition) is 3. The molecule has 2 rings (SSSR count). The molecule has 3 atom stereocenters. The van der Waals surface area contributed by atoms with Gasteiger partial charge in [0.1, 0.15) is 16.1 Å². The highest BCUT2D eigenvalue weighted by atomic mass is 32.2. The molecule has 0 aromatic carbocycles. The van der Waals surface area contributed by atoms with Gasteiger partial charge in [0.25, 0.3) is 0 Å². The molecule has 1 saturated heterocycles. The first-order valence-corrected chi connectivity index (χ1v) is 9.45. The molecule has 1 saturated carbocycles. The van der Waals surface area contributed by atoms with Crippen LogP contribution in [-0.2, 0) is 11.4 Å². The normalized spacial score (nSPS) is 32.0. The average molecular weight is 343 g/mol. The maximum Gasteiger partial charge on any atom is 0.407 e. The van der Waals surface area contributed by atoms with Crippen LogP contribution < -0.4 is 0 Å². The highest BCUT2D eigenvalue weighted by Crippen LogP contribution is 2.54. The fraction of sp³-hybridized carbons (Fsp3) is 0.882. The second kappa shape index (κ2) is 5.96. The Labute approximate surface area is 142 Å². The van der Waals surface area contributed by atoms with E-state index in [0.29, 0.717) is 6.54 Å². The van der Waals surface area contributed by atoms with Gasteiger partial charge < -0.3 is 14.6 Å². The first kappa shape index (κ1) is 18.6. The molecule has 23 heavy (non-hydrogen) atoms. The number of nitrogens with zero attached hydrogens (tertiary/aromatic N) is 2. The van der Waals surface area contributed by atoms with E-state index in [1.807, 2.05) is 20.8 Å². The van der Waals surface area contributed by atoms with Crippen LogP contribution in [0.3, 0.4) is 0 Å². The van der Waals surface area contributed by atoms with Crippen LogP contribution in [0.1, 0.15) is 67.2 Å². The lowest BCUT2D eigenvalue weighted by Crippen LogP contribution is -2.49. The Morgan fingerprint density at radius 3 is 2.39 bits per heavy atom. The molecular weight excluding hydrogens is 312 g/mol. The van der Waals surface area contributed by atoms with Crippen LogP contribution in [0.2, 0.25) is 0 Å². The van der Waals surface area contributed by atoms with Gasteiger partial charge in [-0.25, -0.2) is 4.79 Å². The van der Waals surface area contributed by atoms with Gasteiger partial charge in [-0.1, -0.05) is 25.2 Å². The van der Waals surface area contributed by atoms with E-state index < -0.39 is 17.5 Å². The van der Waals surface area contributed by atoms with Crippen LogP contribution in [-0.4, -0.2) is 43.7 Å². The van der Waals surface area contributed by atoms with Crippen molar-refractivity contribution in [3.05, 3.63) is 0 Å². The number of amides is 1. The summed E-state index contributed by atoms with van der Waals surface area (Å²) in [4.78, 5) is 13.3. The minimum absolute atomic E-state index is 0.0109. The molecule has 1 amide bonds. The molecule has 0 aromatic heterocycles. The van der Waals surface area contributed by atoms with E-state index >= 15 is 0 Å². The summed E-state index contributed by atoms with van der Waals surface area (Å²) in [6.45, 7) is 12.7. The second-order valence-corrected chi connectivity index (χ2v) is 11.0. The zero-order valence-electron chi connectivity index (χ0n) is 15.2. The first-order valence-electron chi connectivity index (χ1n) is 8.35. The lowest BCUT2D eigenvalue weighted by Gasteiger charge is -2.42. The average Bonchev–Trinajstić information content (AvgIpc) is 2.93. The van der Waals surface area contributed by atoms with E-state index in [2.05, 4.69) is 25.2 Å². The van der Waals surface area contributed by atoms with Gasteiger partial charge in [0.05, 0.1) is 5.71 Å². The molecule has 5 nitrogen and oxygen atoms in total. The Kier molecular flexibility index (Phi) is 4.81. The fourth-order valence-corrected chi connectivity index (χ4v) is 4.95. The molecule has 132 valence electrons. The summed E-state index contributed by atoms with van der Waals surface area (Å²) in [6, 6.07) is -0.0109. The zero-order chi connectivity index (χ0) is 17.6. The lowest BCUT2D eigenvalue weighted by molar-refractivity contribution is 0.0572. The Morgan fingerprint density at radius 1 is 1.30 bits per heavy atom. The summed E-state index contributed by atoms with van der Waals surface area (Å²) < 4.78 is 16.4. The Morgan fingerprint density at radius 2 is 1.91 bits per heavy atom. The van der Waals surface area contributed by atoms with Crippen LogP contribution in [0, 0.1) is 10.8 Å². The van der Waals surface area contributed by atoms with Crippen molar-refractivity contribution in [3.63, 3.8) is 0 Å². The minimum atomic E-state index is -1.24. The largest absolute Gasteiger partial charge is 0.591 e. The summed E-state index contributed by atoms with van der Waals surface area (Å²) in [7, 11) is 0. The van der Waals surface area contributed by atoms with Crippen molar-refractivity contribution < 1.29 is 14.5 Å². The van der Waals surface area contributed by atoms with Gasteiger partial charge >= 0.3 is 6.09 Å². The molecule has 2 fully saturated rings. The maximum absolute atomic E-state index is 12.3.